The lowest BCUT2D eigenvalue weighted by molar-refractivity contribution is 0.0959. The van der Waals surface area contributed by atoms with Gasteiger partial charge in [0.15, 0.2) is 0 Å². The summed E-state index contributed by atoms with van der Waals surface area (Å²) >= 11 is 0. The molecular weight excluding hydrogens is 262 g/mol. The van der Waals surface area contributed by atoms with Crippen molar-refractivity contribution in [3.8, 4) is 0 Å². The van der Waals surface area contributed by atoms with Crippen LogP contribution in [0.15, 0.2) is 30.3 Å². The summed E-state index contributed by atoms with van der Waals surface area (Å²) in [6.45, 7) is 8.18. The number of hydrogen-bond donors (Lipinski definition) is 1. The summed E-state index contributed by atoms with van der Waals surface area (Å²) in [5.41, 5.74) is 4.23. The number of rotatable bonds is 0. The highest BCUT2D eigenvalue weighted by atomic mass is 16.2. The van der Waals surface area contributed by atoms with Crippen molar-refractivity contribution in [2.45, 2.75) is 33.2 Å². The Labute approximate surface area is 125 Å². The van der Waals surface area contributed by atoms with Gasteiger partial charge >= 0.3 is 0 Å². The Morgan fingerprint density at radius 1 is 1.10 bits per heavy atom. The molecule has 0 saturated heterocycles. The molecule has 1 aliphatic rings. The zero-order chi connectivity index (χ0) is 15.4. The van der Waals surface area contributed by atoms with Gasteiger partial charge in [-0.25, -0.2) is 0 Å². The fraction of sp³-hybridized carbons (Fsp3) is 0.353. The quantitative estimate of drug-likeness (QED) is 0.797. The van der Waals surface area contributed by atoms with Gasteiger partial charge in [-0.1, -0.05) is 12.1 Å². The molecule has 0 saturated carbocycles. The Hall–Kier alpha value is -2.23. The molecule has 1 aliphatic heterocycles. The molecular formula is C17H21N3O. The topological polar surface area (TPSA) is 37.3 Å². The van der Waals surface area contributed by atoms with Crippen molar-refractivity contribution in [1.82, 2.24) is 4.57 Å². The van der Waals surface area contributed by atoms with Crippen LogP contribution in [0.5, 0.6) is 0 Å². The molecule has 4 heteroatoms. The Morgan fingerprint density at radius 3 is 2.43 bits per heavy atom. The van der Waals surface area contributed by atoms with E-state index in [1.807, 2.05) is 53.8 Å². The van der Waals surface area contributed by atoms with Crippen molar-refractivity contribution in [3.63, 3.8) is 0 Å². The van der Waals surface area contributed by atoms with E-state index in [9.17, 15) is 4.79 Å². The SMILES string of the molecule is Cc1cc2c(n1C)C(=O)N(C(C)(C)C)c1ccccc1N2. The number of fused-ring (bicyclic) bond motifs is 2. The van der Waals surface area contributed by atoms with Gasteiger partial charge in [-0.05, 0) is 45.9 Å². The number of para-hydroxylation sites is 2. The van der Waals surface area contributed by atoms with Crippen LogP contribution in [0.4, 0.5) is 17.1 Å². The molecule has 3 rings (SSSR count). The van der Waals surface area contributed by atoms with E-state index >= 15 is 0 Å². The molecule has 4 nitrogen and oxygen atoms in total. The smallest absolute Gasteiger partial charge is 0.277 e. The van der Waals surface area contributed by atoms with Crippen molar-refractivity contribution >= 4 is 23.0 Å². The number of anilines is 3. The number of carbonyl (C=O) groups excluding carboxylic acids is 1. The number of amides is 1. The van der Waals surface area contributed by atoms with Crippen molar-refractivity contribution in [2.24, 2.45) is 7.05 Å². The molecule has 0 atom stereocenters. The fourth-order valence-corrected chi connectivity index (χ4v) is 2.89. The van der Waals surface area contributed by atoms with E-state index in [0.29, 0.717) is 5.69 Å². The summed E-state index contributed by atoms with van der Waals surface area (Å²) in [4.78, 5) is 15.0. The van der Waals surface area contributed by atoms with Crippen LogP contribution in [0.25, 0.3) is 0 Å². The van der Waals surface area contributed by atoms with Gasteiger partial charge in [-0.15, -0.1) is 0 Å². The first kappa shape index (κ1) is 13.7. The molecule has 1 aromatic carbocycles. The first-order chi connectivity index (χ1) is 9.80. The second-order valence-corrected chi connectivity index (χ2v) is 6.56. The highest BCUT2D eigenvalue weighted by molar-refractivity contribution is 6.13. The monoisotopic (exact) mass is 283 g/mol. The average Bonchev–Trinajstić information content (AvgIpc) is 2.58. The van der Waals surface area contributed by atoms with Crippen molar-refractivity contribution in [3.05, 3.63) is 41.7 Å². The predicted molar refractivity (Wildman–Crippen MR) is 86.4 cm³/mol. The van der Waals surface area contributed by atoms with Crippen LogP contribution in [0.2, 0.25) is 0 Å². The molecule has 0 unspecified atom stereocenters. The Kier molecular flexibility index (Phi) is 2.87. The van der Waals surface area contributed by atoms with E-state index in [1.165, 1.54) is 0 Å². The van der Waals surface area contributed by atoms with Crippen LogP contribution in [0, 0.1) is 6.92 Å². The minimum atomic E-state index is -0.297. The molecule has 1 N–H and O–H groups in total. The highest BCUT2D eigenvalue weighted by Crippen LogP contribution is 2.39. The lowest BCUT2D eigenvalue weighted by Crippen LogP contribution is -2.46. The minimum Gasteiger partial charge on any atom is -0.352 e. The van der Waals surface area contributed by atoms with Crippen molar-refractivity contribution in [1.29, 1.82) is 0 Å². The first-order valence-electron chi connectivity index (χ1n) is 7.17. The average molecular weight is 283 g/mol. The molecule has 1 amide bonds. The van der Waals surface area contributed by atoms with Crippen LogP contribution < -0.4 is 10.2 Å². The Balaban J connectivity index is 2.30. The molecule has 0 bridgehead atoms. The number of aryl methyl sites for hydroxylation is 1. The first-order valence-corrected chi connectivity index (χ1v) is 7.17. The lowest BCUT2D eigenvalue weighted by atomic mass is 10.0. The predicted octanol–water partition coefficient (Wildman–Crippen LogP) is 3.84. The van der Waals surface area contributed by atoms with Gasteiger partial charge in [0.1, 0.15) is 5.69 Å². The van der Waals surface area contributed by atoms with E-state index in [2.05, 4.69) is 26.1 Å². The van der Waals surface area contributed by atoms with E-state index < -0.39 is 0 Å². The maximum atomic E-state index is 13.1. The Morgan fingerprint density at radius 2 is 1.76 bits per heavy atom. The largest absolute Gasteiger partial charge is 0.352 e. The van der Waals surface area contributed by atoms with Crippen LogP contribution in [-0.4, -0.2) is 16.0 Å². The number of nitrogens with zero attached hydrogens (tertiary/aromatic N) is 2. The molecule has 0 aliphatic carbocycles. The third-order valence-electron chi connectivity index (χ3n) is 3.96. The summed E-state index contributed by atoms with van der Waals surface area (Å²) < 4.78 is 1.95. The number of benzene rings is 1. The van der Waals surface area contributed by atoms with Gasteiger partial charge in [0.25, 0.3) is 5.91 Å². The van der Waals surface area contributed by atoms with E-state index in [-0.39, 0.29) is 11.4 Å². The fourth-order valence-electron chi connectivity index (χ4n) is 2.89. The van der Waals surface area contributed by atoms with Crippen LogP contribution >= 0.6 is 0 Å². The van der Waals surface area contributed by atoms with E-state index in [1.54, 1.807) is 0 Å². The number of hydrogen-bond acceptors (Lipinski definition) is 2. The molecule has 0 spiro atoms. The molecule has 0 fully saturated rings. The molecule has 2 aromatic rings. The van der Waals surface area contributed by atoms with Gasteiger partial charge in [-0.3, -0.25) is 9.69 Å². The van der Waals surface area contributed by atoms with E-state index in [4.69, 9.17) is 0 Å². The second-order valence-electron chi connectivity index (χ2n) is 6.56. The standard InChI is InChI=1S/C17H21N3O/c1-11-10-13-15(19(11)5)16(21)20(17(2,3)4)14-9-7-6-8-12(14)18-13/h6-10,18H,1-5H3. The van der Waals surface area contributed by atoms with Crippen LogP contribution in [-0.2, 0) is 7.05 Å². The maximum Gasteiger partial charge on any atom is 0.277 e. The zero-order valence-corrected chi connectivity index (χ0v) is 13.2. The summed E-state index contributed by atoms with van der Waals surface area (Å²) in [7, 11) is 1.94. The zero-order valence-electron chi connectivity index (χ0n) is 13.2. The number of aromatic nitrogens is 1. The summed E-state index contributed by atoms with van der Waals surface area (Å²) in [5.74, 6) is 0.0329. The lowest BCUT2D eigenvalue weighted by Gasteiger charge is -2.35. The number of nitrogens with one attached hydrogen (secondary N) is 1. The van der Waals surface area contributed by atoms with Crippen molar-refractivity contribution in [2.75, 3.05) is 10.2 Å². The summed E-state index contributed by atoms with van der Waals surface area (Å²) in [6, 6.07) is 9.98. The van der Waals surface area contributed by atoms with Gasteiger partial charge in [0.05, 0.1) is 17.1 Å². The van der Waals surface area contributed by atoms with Gasteiger partial charge in [0.2, 0.25) is 0 Å². The highest BCUT2D eigenvalue weighted by Gasteiger charge is 2.35. The minimum absolute atomic E-state index is 0.0329. The van der Waals surface area contributed by atoms with Crippen LogP contribution in [0.3, 0.4) is 0 Å². The van der Waals surface area contributed by atoms with E-state index in [0.717, 1.165) is 22.8 Å². The third-order valence-corrected chi connectivity index (χ3v) is 3.96. The normalized spacial score (nSPS) is 14.3. The van der Waals surface area contributed by atoms with Crippen LogP contribution in [0.1, 0.15) is 37.0 Å². The van der Waals surface area contributed by atoms with Gasteiger partial charge in [-0.2, -0.15) is 0 Å². The second kappa shape index (κ2) is 4.38. The maximum absolute atomic E-state index is 13.1. The molecule has 110 valence electrons. The molecule has 1 aromatic heterocycles. The molecule has 21 heavy (non-hydrogen) atoms. The van der Waals surface area contributed by atoms with Crippen molar-refractivity contribution < 1.29 is 4.79 Å². The Bertz CT molecular complexity index is 722. The summed E-state index contributed by atoms with van der Waals surface area (Å²) in [6.07, 6.45) is 0. The third kappa shape index (κ3) is 2.02. The molecule has 2 heterocycles. The van der Waals surface area contributed by atoms with Gasteiger partial charge < -0.3 is 9.88 Å². The summed E-state index contributed by atoms with van der Waals surface area (Å²) in [5, 5.41) is 3.41. The van der Waals surface area contributed by atoms with Gasteiger partial charge in [0, 0.05) is 18.3 Å². The molecule has 0 radical (unpaired) electrons. The number of carbonyl (C=O) groups is 1.